The molecule has 0 heterocycles. The summed E-state index contributed by atoms with van der Waals surface area (Å²) in [6.07, 6.45) is 7.29. The first-order valence-corrected chi connectivity index (χ1v) is 10.7. The molecule has 1 amide bonds. The van der Waals surface area contributed by atoms with E-state index in [0.29, 0.717) is 24.8 Å². The molecule has 0 atom stereocenters. The predicted molar refractivity (Wildman–Crippen MR) is 98.5 cm³/mol. The number of nitrogens with one attached hydrogen (secondary N) is 1. The lowest BCUT2D eigenvalue weighted by Crippen LogP contribution is -2.26. The summed E-state index contributed by atoms with van der Waals surface area (Å²) < 4.78 is 30.0. The van der Waals surface area contributed by atoms with Gasteiger partial charge in [0.15, 0.2) is 9.84 Å². The first kappa shape index (κ1) is 19.9. The molecule has 1 aromatic rings. The van der Waals surface area contributed by atoms with Crippen LogP contribution < -0.4 is 5.32 Å². The van der Waals surface area contributed by atoms with E-state index < -0.39 is 15.1 Å². The van der Waals surface area contributed by atoms with E-state index in [1.54, 1.807) is 26.0 Å². The third-order valence-electron chi connectivity index (χ3n) is 4.58. The van der Waals surface area contributed by atoms with E-state index in [2.05, 4.69) is 5.32 Å². The van der Waals surface area contributed by atoms with Gasteiger partial charge in [0.1, 0.15) is 0 Å². The Balaban J connectivity index is 1.73. The monoisotopic (exact) mass is 367 g/mol. The van der Waals surface area contributed by atoms with Crippen LogP contribution in [0.5, 0.6) is 0 Å². The van der Waals surface area contributed by atoms with Crippen molar-refractivity contribution in [3.05, 3.63) is 29.8 Å². The topological polar surface area (TPSA) is 72.5 Å². The Kier molecular flexibility index (Phi) is 7.44. The Labute approximate surface area is 151 Å². The molecule has 25 heavy (non-hydrogen) atoms. The highest BCUT2D eigenvalue weighted by molar-refractivity contribution is 7.92. The number of carbonyl (C=O) groups excluding carboxylic acids is 1. The average molecular weight is 368 g/mol. The van der Waals surface area contributed by atoms with Gasteiger partial charge in [-0.25, -0.2) is 8.42 Å². The number of hydrogen-bond acceptors (Lipinski definition) is 4. The lowest BCUT2D eigenvalue weighted by Gasteiger charge is -2.21. The fourth-order valence-electron chi connectivity index (χ4n) is 2.93. The second kappa shape index (κ2) is 9.34. The average Bonchev–Trinajstić information content (AvgIpc) is 2.62. The van der Waals surface area contributed by atoms with Gasteiger partial charge in [0.25, 0.3) is 5.91 Å². The Morgan fingerprint density at radius 1 is 1.16 bits per heavy atom. The quantitative estimate of drug-likeness (QED) is 0.715. The Hall–Kier alpha value is -1.40. The van der Waals surface area contributed by atoms with E-state index in [-0.39, 0.29) is 10.8 Å². The van der Waals surface area contributed by atoms with Crippen molar-refractivity contribution in [3.8, 4) is 0 Å². The fourth-order valence-corrected chi connectivity index (χ4v) is 3.99. The van der Waals surface area contributed by atoms with Gasteiger partial charge in [-0.05, 0) is 57.4 Å². The van der Waals surface area contributed by atoms with Gasteiger partial charge in [0.05, 0.1) is 16.2 Å². The van der Waals surface area contributed by atoms with Gasteiger partial charge in [0.2, 0.25) is 0 Å². The Bertz CT molecular complexity index is 647. The van der Waals surface area contributed by atoms with Gasteiger partial charge < -0.3 is 10.1 Å². The summed E-state index contributed by atoms with van der Waals surface area (Å²) in [6, 6.07) is 6.11. The molecule has 0 bridgehead atoms. The molecule has 1 aliphatic rings. The van der Waals surface area contributed by atoms with E-state index in [0.717, 1.165) is 19.3 Å². The number of benzene rings is 1. The summed E-state index contributed by atoms with van der Waals surface area (Å²) in [7, 11) is -3.30. The standard InChI is InChI=1S/C19H29NO4S/c1-15(2)25(22,23)18-11-9-16(10-12-18)19(21)20-13-6-14-24-17-7-4-3-5-8-17/h9-12,15,17H,3-8,13-14H2,1-2H3,(H,20,21). The SMILES string of the molecule is CC(C)S(=O)(=O)c1ccc(C(=O)NCCCOC2CCCCC2)cc1. The van der Waals surface area contributed by atoms with Crippen LogP contribution in [0.3, 0.4) is 0 Å². The van der Waals surface area contributed by atoms with Crippen molar-refractivity contribution in [1.29, 1.82) is 0 Å². The second-order valence-electron chi connectivity index (χ2n) is 6.86. The molecule has 0 unspecified atom stereocenters. The maximum absolute atomic E-state index is 12.1. The lowest BCUT2D eigenvalue weighted by molar-refractivity contribution is 0.0273. The zero-order chi connectivity index (χ0) is 18.3. The fraction of sp³-hybridized carbons (Fsp3) is 0.632. The van der Waals surface area contributed by atoms with Crippen LogP contribution in [0, 0.1) is 0 Å². The van der Waals surface area contributed by atoms with E-state index in [1.807, 2.05) is 0 Å². The molecule has 0 aromatic heterocycles. The molecule has 1 N–H and O–H groups in total. The summed E-state index contributed by atoms with van der Waals surface area (Å²) in [6.45, 7) is 4.50. The number of rotatable bonds is 8. The van der Waals surface area contributed by atoms with Crippen molar-refractivity contribution in [2.45, 2.75) is 68.6 Å². The zero-order valence-corrected chi connectivity index (χ0v) is 16.0. The summed E-state index contributed by atoms with van der Waals surface area (Å²) >= 11 is 0. The van der Waals surface area contributed by atoms with Gasteiger partial charge >= 0.3 is 0 Å². The van der Waals surface area contributed by atoms with Gasteiger partial charge in [-0.2, -0.15) is 0 Å². The smallest absolute Gasteiger partial charge is 0.251 e. The Morgan fingerprint density at radius 2 is 1.80 bits per heavy atom. The number of hydrogen-bond donors (Lipinski definition) is 1. The van der Waals surface area contributed by atoms with Crippen molar-refractivity contribution < 1.29 is 17.9 Å². The highest BCUT2D eigenvalue weighted by atomic mass is 32.2. The van der Waals surface area contributed by atoms with Crippen molar-refractivity contribution in [2.24, 2.45) is 0 Å². The number of carbonyl (C=O) groups is 1. The van der Waals surface area contributed by atoms with Crippen LogP contribution in [-0.2, 0) is 14.6 Å². The van der Waals surface area contributed by atoms with Crippen LogP contribution in [0.2, 0.25) is 0 Å². The van der Waals surface area contributed by atoms with Crippen LogP contribution in [0.25, 0.3) is 0 Å². The predicted octanol–water partition coefficient (Wildman–Crippen LogP) is 3.34. The van der Waals surface area contributed by atoms with Gasteiger partial charge in [-0.1, -0.05) is 19.3 Å². The molecular formula is C19H29NO4S. The van der Waals surface area contributed by atoms with Gasteiger partial charge in [0, 0.05) is 18.7 Å². The van der Waals surface area contributed by atoms with Crippen molar-refractivity contribution in [1.82, 2.24) is 5.32 Å². The summed E-state index contributed by atoms with van der Waals surface area (Å²) in [5.74, 6) is -0.189. The van der Waals surface area contributed by atoms with Crippen LogP contribution in [0.15, 0.2) is 29.2 Å². The summed E-state index contributed by atoms with van der Waals surface area (Å²) in [5.41, 5.74) is 0.468. The highest BCUT2D eigenvalue weighted by Gasteiger charge is 2.19. The second-order valence-corrected chi connectivity index (χ2v) is 9.36. The minimum Gasteiger partial charge on any atom is -0.378 e. The number of sulfone groups is 1. The van der Waals surface area contributed by atoms with E-state index >= 15 is 0 Å². The number of ether oxygens (including phenoxy) is 1. The van der Waals surface area contributed by atoms with Crippen LogP contribution in [-0.4, -0.2) is 38.8 Å². The normalized spacial score (nSPS) is 16.1. The maximum atomic E-state index is 12.1. The van der Waals surface area contributed by atoms with E-state index in [9.17, 15) is 13.2 Å². The van der Waals surface area contributed by atoms with Crippen molar-refractivity contribution in [3.63, 3.8) is 0 Å². The molecule has 0 radical (unpaired) electrons. The molecule has 1 saturated carbocycles. The molecule has 6 heteroatoms. The molecular weight excluding hydrogens is 338 g/mol. The highest BCUT2D eigenvalue weighted by Crippen LogP contribution is 2.20. The largest absolute Gasteiger partial charge is 0.378 e. The van der Waals surface area contributed by atoms with Gasteiger partial charge in [-0.3, -0.25) is 4.79 Å². The van der Waals surface area contributed by atoms with E-state index in [1.165, 1.54) is 31.4 Å². The molecule has 140 valence electrons. The molecule has 0 spiro atoms. The number of amides is 1. The molecule has 2 rings (SSSR count). The molecule has 1 fully saturated rings. The van der Waals surface area contributed by atoms with Crippen LogP contribution in [0.1, 0.15) is 62.7 Å². The Morgan fingerprint density at radius 3 is 2.40 bits per heavy atom. The van der Waals surface area contributed by atoms with Crippen molar-refractivity contribution >= 4 is 15.7 Å². The third-order valence-corrected chi connectivity index (χ3v) is 6.75. The van der Waals surface area contributed by atoms with Gasteiger partial charge in [-0.15, -0.1) is 0 Å². The molecule has 0 aliphatic heterocycles. The summed E-state index contributed by atoms with van der Waals surface area (Å²) in [5, 5.41) is 2.37. The van der Waals surface area contributed by atoms with Crippen LogP contribution in [0.4, 0.5) is 0 Å². The minimum absolute atomic E-state index is 0.189. The summed E-state index contributed by atoms with van der Waals surface area (Å²) in [4.78, 5) is 12.4. The first-order valence-electron chi connectivity index (χ1n) is 9.15. The minimum atomic E-state index is -3.30. The first-order chi connectivity index (χ1) is 11.9. The maximum Gasteiger partial charge on any atom is 0.251 e. The molecule has 5 nitrogen and oxygen atoms in total. The third kappa shape index (κ3) is 5.82. The molecule has 1 aromatic carbocycles. The molecule has 0 saturated heterocycles. The van der Waals surface area contributed by atoms with Crippen LogP contribution >= 0.6 is 0 Å². The molecule has 1 aliphatic carbocycles. The van der Waals surface area contributed by atoms with Crippen molar-refractivity contribution in [2.75, 3.05) is 13.2 Å². The zero-order valence-electron chi connectivity index (χ0n) is 15.2. The lowest BCUT2D eigenvalue weighted by atomic mass is 9.98. The van der Waals surface area contributed by atoms with E-state index in [4.69, 9.17) is 4.74 Å².